The molecule has 0 aliphatic carbocycles. The van der Waals surface area contributed by atoms with Gasteiger partial charge in [-0.3, -0.25) is 0 Å². The number of benzene rings is 2. The normalized spacial score (nSPS) is 23.1. The molecule has 20 heavy (non-hydrogen) atoms. The highest BCUT2D eigenvalue weighted by molar-refractivity contribution is 5.55. The van der Waals surface area contributed by atoms with Crippen LogP contribution in [-0.2, 0) is 0 Å². The first kappa shape index (κ1) is 11.6. The van der Waals surface area contributed by atoms with Gasteiger partial charge < -0.3 is 19.3 Å². The van der Waals surface area contributed by atoms with Crippen molar-refractivity contribution in [2.75, 3.05) is 6.79 Å². The lowest BCUT2D eigenvalue weighted by molar-refractivity contribution is -0.0360. The third kappa shape index (κ3) is 1.80. The molecule has 4 nitrogen and oxygen atoms in total. The van der Waals surface area contributed by atoms with Crippen LogP contribution in [0.4, 0.5) is 0 Å². The standard InChI is InChI=1S/C16H14O4/c17-16-7-11(10-4-2-1-3-5-10)12-6-14-15(19-9-18-14)8-13(12)20-16/h1-6,8,11,16-17H,7,9H2. The summed E-state index contributed by atoms with van der Waals surface area (Å²) in [5, 5.41) is 9.94. The topological polar surface area (TPSA) is 47.9 Å². The number of hydrogen-bond acceptors (Lipinski definition) is 4. The SMILES string of the molecule is OC1CC(c2ccccc2)c2cc3c(cc2O1)OCO3. The molecule has 0 spiro atoms. The average Bonchev–Trinajstić information content (AvgIpc) is 2.92. The quantitative estimate of drug-likeness (QED) is 0.865. The smallest absolute Gasteiger partial charge is 0.231 e. The fraction of sp³-hybridized carbons (Fsp3) is 0.250. The minimum absolute atomic E-state index is 0.101. The summed E-state index contributed by atoms with van der Waals surface area (Å²) in [6.07, 6.45) is -0.260. The number of aliphatic hydroxyl groups excluding tert-OH is 1. The summed E-state index contributed by atoms with van der Waals surface area (Å²) in [6, 6.07) is 13.9. The molecule has 102 valence electrons. The second kappa shape index (κ2) is 4.42. The fourth-order valence-corrected chi connectivity index (χ4v) is 2.84. The number of hydrogen-bond donors (Lipinski definition) is 1. The third-order valence-electron chi connectivity index (χ3n) is 3.78. The molecule has 2 atom stereocenters. The van der Waals surface area contributed by atoms with E-state index in [2.05, 4.69) is 12.1 Å². The van der Waals surface area contributed by atoms with Crippen molar-refractivity contribution in [1.29, 1.82) is 0 Å². The zero-order valence-corrected chi connectivity index (χ0v) is 10.8. The number of rotatable bonds is 1. The highest BCUT2D eigenvalue weighted by Gasteiger charge is 2.31. The summed E-state index contributed by atoms with van der Waals surface area (Å²) < 4.78 is 16.3. The molecule has 2 aliphatic rings. The second-order valence-corrected chi connectivity index (χ2v) is 5.01. The Morgan fingerprint density at radius 2 is 1.70 bits per heavy atom. The van der Waals surface area contributed by atoms with Crippen LogP contribution in [0.5, 0.6) is 17.2 Å². The second-order valence-electron chi connectivity index (χ2n) is 5.01. The van der Waals surface area contributed by atoms with Crippen LogP contribution in [0.25, 0.3) is 0 Å². The molecular formula is C16H14O4. The van der Waals surface area contributed by atoms with Gasteiger partial charge in [0.05, 0.1) is 0 Å². The van der Waals surface area contributed by atoms with Gasteiger partial charge in [-0.15, -0.1) is 0 Å². The molecule has 2 aromatic rings. The van der Waals surface area contributed by atoms with Crippen LogP contribution >= 0.6 is 0 Å². The van der Waals surface area contributed by atoms with E-state index in [0.29, 0.717) is 17.9 Å². The lowest BCUT2D eigenvalue weighted by Crippen LogP contribution is -2.25. The molecule has 2 heterocycles. The maximum Gasteiger partial charge on any atom is 0.231 e. The largest absolute Gasteiger partial charge is 0.465 e. The van der Waals surface area contributed by atoms with Crippen molar-refractivity contribution in [3.8, 4) is 17.2 Å². The zero-order valence-electron chi connectivity index (χ0n) is 10.8. The Balaban J connectivity index is 1.84. The van der Waals surface area contributed by atoms with Crippen molar-refractivity contribution in [2.24, 2.45) is 0 Å². The van der Waals surface area contributed by atoms with E-state index in [9.17, 15) is 5.11 Å². The fourth-order valence-electron chi connectivity index (χ4n) is 2.84. The predicted octanol–water partition coefficient (Wildman–Crippen LogP) is 2.65. The molecule has 0 bridgehead atoms. The lowest BCUT2D eigenvalue weighted by atomic mass is 9.86. The maximum atomic E-state index is 9.94. The molecule has 0 saturated heterocycles. The first-order valence-electron chi connectivity index (χ1n) is 6.64. The lowest BCUT2D eigenvalue weighted by Gasteiger charge is -2.30. The van der Waals surface area contributed by atoms with Crippen LogP contribution in [-0.4, -0.2) is 18.2 Å². The van der Waals surface area contributed by atoms with Crippen LogP contribution in [0.1, 0.15) is 23.5 Å². The van der Waals surface area contributed by atoms with Crippen LogP contribution in [0, 0.1) is 0 Å². The van der Waals surface area contributed by atoms with E-state index in [1.165, 1.54) is 0 Å². The first-order chi connectivity index (χ1) is 9.81. The van der Waals surface area contributed by atoms with Crippen molar-refractivity contribution in [3.63, 3.8) is 0 Å². The van der Waals surface area contributed by atoms with Gasteiger partial charge in [-0.1, -0.05) is 30.3 Å². The Labute approximate surface area is 116 Å². The Morgan fingerprint density at radius 3 is 2.50 bits per heavy atom. The summed E-state index contributed by atoms with van der Waals surface area (Å²) in [5.74, 6) is 2.18. The Morgan fingerprint density at radius 1 is 0.950 bits per heavy atom. The molecule has 2 aromatic carbocycles. The zero-order chi connectivity index (χ0) is 13.5. The summed E-state index contributed by atoms with van der Waals surface area (Å²) in [5.41, 5.74) is 2.20. The van der Waals surface area contributed by atoms with Crippen molar-refractivity contribution in [3.05, 3.63) is 53.6 Å². The van der Waals surface area contributed by atoms with Crippen LogP contribution in [0.3, 0.4) is 0 Å². The molecule has 1 N–H and O–H groups in total. The van der Waals surface area contributed by atoms with Gasteiger partial charge in [0, 0.05) is 24.0 Å². The van der Waals surface area contributed by atoms with E-state index in [1.54, 1.807) is 6.07 Å². The van der Waals surface area contributed by atoms with E-state index >= 15 is 0 Å². The van der Waals surface area contributed by atoms with Crippen molar-refractivity contribution in [1.82, 2.24) is 0 Å². The summed E-state index contributed by atoms with van der Waals surface area (Å²) in [7, 11) is 0. The van der Waals surface area contributed by atoms with Crippen molar-refractivity contribution < 1.29 is 19.3 Å². The van der Waals surface area contributed by atoms with Gasteiger partial charge in [0.2, 0.25) is 6.79 Å². The van der Waals surface area contributed by atoms with Crippen LogP contribution in [0.2, 0.25) is 0 Å². The molecule has 0 fully saturated rings. The molecule has 0 amide bonds. The van der Waals surface area contributed by atoms with E-state index in [1.807, 2.05) is 24.3 Å². The number of aliphatic hydroxyl groups is 1. The van der Waals surface area contributed by atoms with Gasteiger partial charge >= 0.3 is 0 Å². The Hall–Kier alpha value is -2.20. The highest BCUT2D eigenvalue weighted by atomic mass is 16.7. The van der Waals surface area contributed by atoms with Crippen molar-refractivity contribution >= 4 is 0 Å². The van der Waals surface area contributed by atoms with Gasteiger partial charge in [0.15, 0.2) is 17.8 Å². The first-order valence-corrected chi connectivity index (χ1v) is 6.64. The van der Waals surface area contributed by atoms with Crippen LogP contribution < -0.4 is 14.2 Å². The number of ether oxygens (including phenoxy) is 3. The van der Waals surface area contributed by atoms with Gasteiger partial charge in [-0.2, -0.15) is 0 Å². The highest BCUT2D eigenvalue weighted by Crippen LogP contribution is 2.46. The predicted molar refractivity (Wildman–Crippen MR) is 72.1 cm³/mol. The minimum Gasteiger partial charge on any atom is -0.465 e. The van der Waals surface area contributed by atoms with Gasteiger partial charge in [0.1, 0.15) is 5.75 Å². The van der Waals surface area contributed by atoms with E-state index in [0.717, 1.165) is 16.9 Å². The Kier molecular flexibility index (Phi) is 2.57. The van der Waals surface area contributed by atoms with Gasteiger partial charge in [0.25, 0.3) is 0 Å². The monoisotopic (exact) mass is 270 g/mol. The summed E-state index contributed by atoms with van der Waals surface area (Å²) >= 11 is 0. The molecule has 4 heteroatoms. The summed E-state index contributed by atoms with van der Waals surface area (Å²) in [4.78, 5) is 0. The van der Waals surface area contributed by atoms with Gasteiger partial charge in [-0.05, 0) is 11.6 Å². The molecule has 2 unspecified atom stereocenters. The molecule has 0 radical (unpaired) electrons. The van der Waals surface area contributed by atoms with E-state index in [-0.39, 0.29) is 12.7 Å². The molecule has 2 aliphatic heterocycles. The van der Waals surface area contributed by atoms with E-state index in [4.69, 9.17) is 14.2 Å². The summed E-state index contributed by atoms with van der Waals surface area (Å²) in [6.45, 7) is 0.233. The van der Waals surface area contributed by atoms with Crippen molar-refractivity contribution in [2.45, 2.75) is 18.6 Å². The molecular weight excluding hydrogens is 256 g/mol. The molecule has 0 saturated carbocycles. The van der Waals surface area contributed by atoms with E-state index < -0.39 is 6.29 Å². The number of fused-ring (bicyclic) bond motifs is 2. The molecule has 0 aromatic heterocycles. The van der Waals surface area contributed by atoms with Crippen LogP contribution in [0.15, 0.2) is 42.5 Å². The maximum absolute atomic E-state index is 9.94. The minimum atomic E-state index is -0.798. The molecule has 4 rings (SSSR count). The average molecular weight is 270 g/mol. The van der Waals surface area contributed by atoms with Gasteiger partial charge in [-0.25, -0.2) is 0 Å². The third-order valence-corrected chi connectivity index (χ3v) is 3.78. The Bertz CT molecular complexity index is 638.